The molecule has 2 aliphatic heterocycles. The summed E-state index contributed by atoms with van der Waals surface area (Å²) in [6.45, 7) is 2.82. The van der Waals surface area contributed by atoms with Gasteiger partial charge in [0, 0.05) is 19.1 Å². The van der Waals surface area contributed by atoms with E-state index in [1.807, 2.05) is 0 Å². The first kappa shape index (κ1) is 9.13. The lowest BCUT2D eigenvalue weighted by Gasteiger charge is -2.33. The standard InChI is InChI=1S/C11H19NO2/c13-11(3-1-2-4-11)8-12-6-10-5-9(12)7-14-10/h9-10,13H,1-8H2. The lowest BCUT2D eigenvalue weighted by atomic mass is 10.0. The second-order valence-electron chi connectivity index (χ2n) is 5.21. The molecule has 0 spiro atoms. The molecule has 2 bridgehead atoms. The quantitative estimate of drug-likeness (QED) is 0.709. The summed E-state index contributed by atoms with van der Waals surface area (Å²) in [6, 6.07) is 0.602. The Kier molecular flexibility index (Phi) is 2.08. The van der Waals surface area contributed by atoms with Crippen molar-refractivity contribution in [3.63, 3.8) is 0 Å². The molecule has 0 aromatic rings. The summed E-state index contributed by atoms with van der Waals surface area (Å²) in [5, 5.41) is 10.3. The highest BCUT2D eigenvalue weighted by atomic mass is 16.5. The molecule has 80 valence electrons. The maximum Gasteiger partial charge on any atom is 0.0774 e. The second kappa shape index (κ2) is 3.19. The number of likely N-dealkylation sites (tertiary alicyclic amines) is 1. The molecule has 0 radical (unpaired) electrons. The molecule has 0 aromatic heterocycles. The SMILES string of the molecule is OC1(CN2CC3CC2CO3)CCCC1. The number of morpholine rings is 1. The first-order valence-corrected chi connectivity index (χ1v) is 5.83. The van der Waals surface area contributed by atoms with Crippen LogP contribution in [0.5, 0.6) is 0 Å². The zero-order valence-electron chi connectivity index (χ0n) is 8.61. The lowest BCUT2D eigenvalue weighted by molar-refractivity contribution is -0.0303. The van der Waals surface area contributed by atoms with Gasteiger partial charge in [-0.05, 0) is 19.3 Å². The van der Waals surface area contributed by atoms with Crippen LogP contribution in [-0.2, 0) is 4.74 Å². The summed E-state index contributed by atoms with van der Waals surface area (Å²) in [5.41, 5.74) is -0.371. The van der Waals surface area contributed by atoms with E-state index in [1.54, 1.807) is 0 Å². The lowest BCUT2D eigenvalue weighted by Crippen LogP contribution is -2.46. The molecule has 1 aliphatic carbocycles. The first-order chi connectivity index (χ1) is 6.75. The number of hydrogen-bond acceptors (Lipinski definition) is 3. The minimum atomic E-state index is -0.371. The molecule has 3 heteroatoms. The second-order valence-corrected chi connectivity index (χ2v) is 5.21. The number of aliphatic hydroxyl groups is 1. The van der Waals surface area contributed by atoms with Crippen LogP contribution in [0, 0.1) is 0 Å². The summed E-state index contributed by atoms with van der Waals surface area (Å²) in [7, 11) is 0. The summed E-state index contributed by atoms with van der Waals surface area (Å²) in [4.78, 5) is 2.44. The minimum Gasteiger partial charge on any atom is -0.389 e. The first-order valence-electron chi connectivity index (χ1n) is 5.83. The number of rotatable bonds is 2. The van der Waals surface area contributed by atoms with Crippen molar-refractivity contribution in [3.8, 4) is 0 Å². The van der Waals surface area contributed by atoms with Gasteiger partial charge in [-0.25, -0.2) is 0 Å². The molecule has 1 N–H and O–H groups in total. The zero-order valence-corrected chi connectivity index (χ0v) is 8.61. The fraction of sp³-hybridized carbons (Fsp3) is 1.00. The van der Waals surface area contributed by atoms with Gasteiger partial charge in [0.2, 0.25) is 0 Å². The molecule has 0 aromatic carbocycles. The van der Waals surface area contributed by atoms with Crippen LogP contribution in [0.1, 0.15) is 32.1 Å². The van der Waals surface area contributed by atoms with Gasteiger partial charge >= 0.3 is 0 Å². The Morgan fingerprint density at radius 3 is 2.71 bits per heavy atom. The Labute approximate surface area is 85.0 Å². The number of hydrogen-bond donors (Lipinski definition) is 1. The monoisotopic (exact) mass is 197 g/mol. The topological polar surface area (TPSA) is 32.7 Å². The molecule has 0 amide bonds. The summed E-state index contributed by atoms with van der Waals surface area (Å²) >= 11 is 0. The Bertz CT molecular complexity index is 225. The van der Waals surface area contributed by atoms with Gasteiger partial charge in [-0.3, -0.25) is 4.90 Å². The predicted octanol–water partition coefficient (Wildman–Crippen LogP) is 0.765. The number of ether oxygens (including phenoxy) is 1. The Balaban J connectivity index is 1.62. The van der Waals surface area contributed by atoms with E-state index >= 15 is 0 Å². The number of fused-ring (bicyclic) bond motifs is 2. The smallest absolute Gasteiger partial charge is 0.0774 e. The van der Waals surface area contributed by atoms with Gasteiger partial charge in [-0.15, -0.1) is 0 Å². The summed E-state index contributed by atoms with van der Waals surface area (Å²) in [5.74, 6) is 0. The van der Waals surface area contributed by atoms with Crippen LogP contribution in [0.3, 0.4) is 0 Å². The molecular weight excluding hydrogens is 178 g/mol. The van der Waals surface area contributed by atoms with Crippen molar-refractivity contribution < 1.29 is 9.84 Å². The minimum absolute atomic E-state index is 0.371. The highest BCUT2D eigenvalue weighted by Crippen LogP contribution is 2.34. The molecule has 2 atom stereocenters. The maximum atomic E-state index is 10.3. The Morgan fingerprint density at radius 1 is 1.36 bits per heavy atom. The van der Waals surface area contributed by atoms with Gasteiger partial charge in [-0.1, -0.05) is 12.8 Å². The largest absolute Gasteiger partial charge is 0.389 e. The molecular formula is C11H19NO2. The Hall–Kier alpha value is -0.120. The summed E-state index contributed by atoms with van der Waals surface area (Å²) < 4.78 is 5.56. The fourth-order valence-corrected chi connectivity index (χ4v) is 3.24. The fourth-order valence-electron chi connectivity index (χ4n) is 3.24. The van der Waals surface area contributed by atoms with E-state index in [9.17, 15) is 5.11 Å². The Morgan fingerprint density at radius 2 is 2.14 bits per heavy atom. The third kappa shape index (κ3) is 1.47. The van der Waals surface area contributed by atoms with Gasteiger partial charge in [-0.2, -0.15) is 0 Å². The van der Waals surface area contributed by atoms with Gasteiger partial charge in [0.25, 0.3) is 0 Å². The third-order valence-corrected chi connectivity index (χ3v) is 4.05. The van der Waals surface area contributed by atoms with Crippen molar-refractivity contribution in [1.29, 1.82) is 0 Å². The van der Waals surface area contributed by atoms with Crippen molar-refractivity contribution >= 4 is 0 Å². The van der Waals surface area contributed by atoms with Crippen LogP contribution in [0.2, 0.25) is 0 Å². The van der Waals surface area contributed by atoms with Crippen molar-refractivity contribution in [3.05, 3.63) is 0 Å². The average Bonchev–Trinajstić information content (AvgIpc) is 2.80. The van der Waals surface area contributed by atoms with Crippen LogP contribution in [0.4, 0.5) is 0 Å². The van der Waals surface area contributed by atoms with Gasteiger partial charge < -0.3 is 9.84 Å². The van der Waals surface area contributed by atoms with Gasteiger partial charge in [0.1, 0.15) is 0 Å². The van der Waals surface area contributed by atoms with Gasteiger partial charge in [0.15, 0.2) is 0 Å². The highest BCUT2D eigenvalue weighted by Gasteiger charge is 2.43. The molecule has 3 nitrogen and oxygen atoms in total. The highest BCUT2D eigenvalue weighted by molar-refractivity contribution is 4.96. The van der Waals surface area contributed by atoms with E-state index in [1.165, 1.54) is 19.3 Å². The van der Waals surface area contributed by atoms with Crippen molar-refractivity contribution in [2.45, 2.75) is 49.9 Å². The van der Waals surface area contributed by atoms with E-state index < -0.39 is 0 Å². The average molecular weight is 197 g/mol. The summed E-state index contributed by atoms with van der Waals surface area (Å²) in [6.07, 6.45) is 6.06. The molecule has 2 heterocycles. The molecule has 3 aliphatic rings. The number of nitrogens with zero attached hydrogens (tertiary/aromatic N) is 1. The van der Waals surface area contributed by atoms with Crippen LogP contribution in [0.15, 0.2) is 0 Å². The van der Waals surface area contributed by atoms with E-state index in [4.69, 9.17) is 4.74 Å². The maximum absolute atomic E-state index is 10.3. The molecule has 3 rings (SSSR count). The van der Waals surface area contributed by atoms with Gasteiger partial charge in [0.05, 0.1) is 18.3 Å². The molecule has 2 saturated heterocycles. The predicted molar refractivity (Wildman–Crippen MR) is 53.1 cm³/mol. The van der Waals surface area contributed by atoms with Crippen molar-refractivity contribution in [1.82, 2.24) is 4.90 Å². The third-order valence-electron chi connectivity index (χ3n) is 4.05. The van der Waals surface area contributed by atoms with E-state index in [2.05, 4.69) is 4.90 Å². The molecule has 3 fully saturated rings. The zero-order chi connectivity index (χ0) is 9.60. The van der Waals surface area contributed by atoms with Crippen LogP contribution in [0.25, 0.3) is 0 Å². The van der Waals surface area contributed by atoms with E-state index in [-0.39, 0.29) is 5.60 Å². The number of β-amino-alcohol motifs (C(OH)–C–C–N with tert-alkyl or cyclic N) is 1. The van der Waals surface area contributed by atoms with Crippen molar-refractivity contribution in [2.75, 3.05) is 19.7 Å². The van der Waals surface area contributed by atoms with Crippen LogP contribution >= 0.6 is 0 Å². The van der Waals surface area contributed by atoms with Crippen LogP contribution in [-0.4, -0.2) is 47.4 Å². The molecule has 2 unspecified atom stereocenters. The normalized spacial score (nSPS) is 40.9. The molecule has 14 heavy (non-hydrogen) atoms. The van der Waals surface area contributed by atoms with Crippen molar-refractivity contribution in [2.24, 2.45) is 0 Å². The van der Waals surface area contributed by atoms with Crippen LogP contribution < -0.4 is 0 Å². The van der Waals surface area contributed by atoms with E-state index in [0.29, 0.717) is 12.1 Å². The molecule has 1 saturated carbocycles. The van der Waals surface area contributed by atoms with E-state index in [0.717, 1.165) is 32.5 Å².